The number of amides is 1. The molecule has 18 heavy (non-hydrogen) atoms. The zero-order valence-electron chi connectivity index (χ0n) is 11.3. The number of hydrogen-bond donors (Lipinski definition) is 2. The second kappa shape index (κ2) is 6.89. The topological polar surface area (TPSA) is 64.3 Å². The molecule has 0 spiro atoms. The highest BCUT2D eigenvalue weighted by molar-refractivity contribution is 5.80. The molecule has 0 radical (unpaired) electrons. The van der Waals surface area contributed by atoms with Gasteiger partial charge in [0.05, 0.1) is 0 Å². The zero-order chi connectivity index (χ0) is 13.5. The van der Waals surface area contributed by atoms with Crippen molar-refractivity contribution in [1.29, 1.82) is 0 Å². The number of nitrogens with two attached hydrogens (primary N) is 1. The van der Waals surface area contributed by atoms with Crippen molar-refractivity contribution in [1.82, 2.24) is 5.32 Å². The number of nitrogens with one attached hydrogen (secondary N) is 1. The lowest BCUT2D eigenvalue weighted by Crippen LogP contribution is -2.36. The summed E-state index contributed by atoms with van der Waals surface area (Å²) in [6.45, 7) is 6.40. The predicted molar refractivity (Wildman–Crippen MR) is 73.6 cm³/mol. The number of unbranched alkanes of at least 4 members (excludes halogenated alkanes) is 1. The molecule has 1 atom stereocenters. The average Bonchev–Trinajstić information content (AvgIpc) is 2.35. The molecule has 0 aliphatic heterocycles. The van der Waals surface area contributed by atoms with E-state index in [1.165, 1.54) is 0 Å². The van der Waals surface area contributed by atoms with Crippen molar-refractivity contribution >= 4 is 11.6 Å². The molecule has 0 saturated heterocycles. The lowest BCUT2D eigenvalue weighted by atomic mass is 10.2. The van der Waals surface area contributed by atoms with E-state index in [-0.39, 0.29) is 5.91 Å². The summed E-state index contributed by atoms with van der Waals surface area (Å²) in [6.07, 6.45) is 1.53. The van der Waals surface area contributed by atoms with Crippen molar-refractivity contribution in [3.63, 3.8) is 0 Å². The van der Waals surface area contributed by atoms with Crippen LogP contribution in [-0.2, 0) is 4.79 Å². The van der Waals surface area contributed by atoms with Crippen LogP contribution in [0.15, 0.2) is 18.2 Å². The normalized spacial score (nSPS) is 11.9. The standard InChI is InChI=1S/C14H22N2O2/c1-4-5-9-16-14(17)11(3)18-13-8-6-7-12(15)10(13)2/h6-8,11H,4-5,9,15H2,1-3H3,(H,16,17). The first kappa shape index (κ1) is 14.4. The molecule has 4 heteroatoms. The molecule has 4 nitrogen and oxygen atoms in total. The maximum Gasteiger partial charge on any atom is 0.260 e. The van der Waals surface area contributed by atoms with E-state index in [1.54, 1.807) is 6.92 Å². The van der Waals surface area contributed by atoms with Crippen molar-refractivity contribution in [2.75, 3.05) is 12.3 Å². The fourth-order valence-electron chi connectivity index (χ4n) is 1.54. The molecule has 1 aromatic carbocycles. The first-order valence-electron chi connectivity index (χ1n) is 6.35. The fourth-order valence-corrected chi connectivity index (χ4v) is 1.54. The van der Waals surface area contributed by atoms with Gasteiger partial charge in [0.15, 0.2) is 6.10 Å². The largest absolute Gasteiger partial charge is 0.481 e. The Morgan fingerprint density at radius 3 is 2.89 bits per heavy atom. The van der Waals surface area contributed by atoms with E-state index in [4.69, 9.17) is 10.5 Å². The molecule has 3 N–H and O–H groups in total. The van der Waals surface area contributed by atoms with Gasteiger partial charge in [0.25, 0.3) is 5.91 Å². The molecule has 0 bridgehead atoms. The SMILES string of the molecule is CCCCNC(=O)C(C)Oc1cccc(N)c1C. The monoisotopic (exact) mass is 250 g/mol. The van der Waals surface area contributed by atoms with Gasteiger partial charge in [0.2, 0.25) is 0 Å². The van der Waals surface area contributed by atoms with Gasteiger partial charge in [-0.25, -0.2) is 0 Å². The highest BCUT2D eigenvalue weighted by Gasteiger charge is 2.15. The van der Waals surface area contributed by atoms with Gasteiger partial charge in [-0.1, -0.05) is 19.4 Å². The maximum absolute atomic E-state index is 11.8. The number of hydrogen-bond acceptors (Lipinski definition) is 3. The highest BCUT2D eigenvalue weighted by atomic mass is 16.5. The van der Waals surface area contributed by atoms with Gasteiger partial charge in [-0.05, 0) is 32.4 Å². The molecule has 1 rings (SSSR count). The molecule has 0 fully saturated rings. The molecule has 1 aromatic rings. The number of carbonyl (C=O) groups excluding carboxylic acids is 1. The molecule has 0 aliphatic rings. The van der Waals surface area contributed by atoms with E-state index in [2.05, 4.69) is 12.2 Å². The third kappa shape index (κ3) is 3.95. The summed E-state index contributed by atoms with van der Waals surface area (Å²) in [6, 6.07) is 5.45. The van der Waals surface area contributed by atoms with Crippen molar-refractivity contribution in [2.45, 2.75) is 39.7 Å². The summed E-state index contributed by atoms with van der Waals surface area (Å²) in [5.74, 6) is 0.568. The van der Waals surface area contributed by atoms with E-state index < -0.39 is 6.10 Å². The van der Waals surface area contributed by atoms with Gasteiger partial charge in [0, 0.05) is 17.8 Å². The third-order valence-corrected chi connectivity index (χ3v) is 2.83. The number of rotatable bonds is 6. The molecule has 0 aliphatic carbocycles. The fraction of sp³-hybridized carbons (Fsp3) is 0.500. The number of nitrogen functional groups attached to an aromatic ring is 1. The number of benzene rings is 1. The molecular weight excluding hydrogens is 228 g/mol. The van der Waals surface area contributed by atoms with Crippen LogP contribution in [-0.4, -0.2) is 18.6 Å². The highest BCUT2D eigenvalue weighted by Crippen LogP contribution is 2.23. The van der Waals surface area contributed by atoms with Gasteiger partial charge in [0.1, 0.15) is 5.75 Å². The van der Waals surface area contributed by atoms with Crippen molar-refractivity contribution in [2.24, 2.45) is 0 Å². The molecular formula is C14H22N2O2. The van der Waals surface area contributed by atoms with Crippen LogP contribution in [0.1, 0.15) is 32.3 Å². The third-order valence-electron chi connectivity index (χ3n) is 2.83. The van der Waals surface area contributed by atoms with E-state index in [1.807, 2.05) is 25.1 Å². The Morgan fingerprint density at radius 2 is 2.22 bits per heavy atom. The quantitative estimate of drug-likeness (QED) is 0.601. The lowest BCUT2D eigenvalue weighted by Gasteiger charge is -2.16. The summed E-state index contributed by atoms with van der Waals surface area (Å²) < 4.78 is 5.63. The number of carbonyl (C=O) groups is 1. The predicted octanol–water partition coefficient (Wildman–Crippen LogP) is 2.26. The van der Waals surface area contributed by atoms with Crippen LogP contribution in [0.4, 0.5) is 5.69 Å². The minimum absolute atomic E-state index is 0.0923. The molecule has 100 valence electrons. The smallest absolute Gasteiger partial charge is 0.260 e. The van der Waals surface area contributed by atoms with Crippen molar-refractivity contribution in [3.05, 3.63) is 23.8 Å². The Balaban J connectivity index is 2.56. The molecule has 0 heterocycles. The molecule has 0 saturated carbocycles. The minimum atomic E-state index is -0.512. The van der Waals surface area contributed by atoms with Crippen LogP contribution in [0.5, 0.6) is 5.75 Å². The average molecular weight is 250 g/mol. The van der Waals surface area contributed by atoms with E-state index in [9.17, 15) is 4.79 Å². The Morgan fingerprint density at radius 1 is 1.50 bits per heavy atom. The second-order valence-electron chi connectivity index (χ2n) is 4.38. The van der Waals surface area contributed by atoms with Crippen molar-refractivity contribution in [3.8, 4) is 5.75 Å². The Hall–Kier alpha value is -1.71. The van der Waals surface area contributed by atoms with Gasteiger partial charge in [-0.15, -0.1) is 0 Å². The molecule has 0 aromatic heterocycles. The number of ether oxygens (including phenoxy) is 1. The summed E-state index contributed by atoms with van der Waals surface area (Å²) in [4.78, 5) is 11.8. The lowest BCUT2D eigenvalue weighted by molar-refractivity contribution is -0.127. The second-order valence-corrected chi connectivity index (χ2v) is 4.38. The van der Waals surface area contributed by atoms with Crippen LogP contribution in [0.25, 0.3) is 0 Å². The van der Waals surface area contributed by atoms with E-state index >= 15 is 0 Å². The van der Waals surface area contributed by atoms with Gasteiger partial charge >= 0.3 is 0 Å². The van der Waals surface area contributed by atoms with Crippen LogP contribution in [0.3, 0.4) is 0 Å². The summed E-state index contributed by atoms with van der Waals surface area (Å²) >= 11 is 0. The van der Waals surface area contributed by atoms with E-state index in [0.717, 1.165) is 18.4 Å². The van der Waals surface area contributed by atoms with Crippen molar-refractivity contribution < 1.29 is 9.53 Å². The Kier molecular flexibility index (Phi) is 5.49. The first-order valence-corrected chi connectivity index (χ1v) is 6.35. The van der Waals surface area contributed by atoms with Crippen LogP contribution in [0, 0.1) is 6.92 Å². The summed E-state index contributed by atoms with van der Waals surface area (Å²) in [7, 11) is 0. The van der Waals surface area contributed by atoms with E-state index in [0.29, 0.717) is 18.0 Å². The molecule has 1 amide bonds. The zero-order valence-corrected chi connectivity index (χ0v) is 11.3. The van der Waals surface area contributed by atoms with Gasteiger partial charge in [-0.3, -0.25) is 4.79 Å². The summed E-state index contributed by atoms with van der Waals surface area (Å²) in [5, 5.41) is 2.84. The summed E-state index contributed by atoms with van der Waals surface area (Å²) in [5.41, 5.74) is 7.33. The Labute approximate surface area is 109 Å². The maximum atomic E-state index is 11.8. The van der Waals surface area contributed by atoms with Gasteiger partial charge in [-0.2, -0.15) is 0 Å². The Bertz CT molecular complexity index is 405. The molecule has 1 unspecified atom stereocenters. The first-order chi connectivity index (χ1) is 8.56. The van der Waals surface area contributed by atoms with Crippen LogP contribution >= 0.6 is 0 Å². The van der Waals surface area contributed by atoms with Crippen LogP contribution < -0.4 is 15.8 Å². The van der Waals surface area contributed by atoms with Crippen LogP contribution in [0.2, 0.25) is 0 Å². The van der Waals surface area contributed by atoms with Gasteiger partial charge < -0.3 is 15.8 Å². The minimum Gasteiger partial charge on any atom is -0.481 e. The number of anilines is 1.